The van der Waals surface area contributed by atoms with Crippen LogP contribution in [0.15, 0.2) is 42.0 Å². The Balaban J connectivity index is 2.17. The lowest BCUT2D eigenvalue weighted by Gasteiger charge is -2.39. The number of likely N-dealkylation sites (tertiary alicyclic amines) is 1. The van der Waals surface area contributed by atoms with E-state index in [1.807, 2.05) is 39.0 Å². The van der Waals surface area contributed by atoms with Gasteiger partial charge in [-0.15, -0.1) is 0 Å². The lowest BCUT2D eigenvalue weighted by molar-refractivity contribution is -0.150. The predicted molar refractivity (Wildman–Crippen MR) is 101 cm³/mol. The van der Waals surface area contributed by atoms with E-state index in [-0.39, 0.29) is 18.0 Å². The molecule has 1 aliphatic rings. The highest BCUT2D eigenvalue weighted by atomic mass is 16.6. The molecule has 1 aromatic rings. The van der Waals surface area contributed by atoms with Crippen LogP contribution in [0.1, 0.15) is 52.1 Å². The minimum absolute atomic E-state index is 0.0865. The molecule has 1 aliphatic heterocycles. The zero-order valence-electron chi connectivity index (χ0n) is 16.3. The van der Waals surface area contributed by atoms with Crippen molar-refractivity contribution in [1.29, 1.82) is 0 Å². The fourth-order valence-corrected chi connectivity index (χ4v) is 3.27. The van der Waals surface area contributed by atoms with Crippen LogP contribution in [0.4, 0.5) is 0 Å². The van der Waals surface area contributed by atoms with Crippen LogP contribution < -0.4 is 0 Å². The van der Waals surface area contributed by atoms with E-state index in [0.29, 0.717) is 13.0 Å². The molecule has 0 aromatic heterocycles. The lowest BCUT2D eigenvalue weighted by Crippen LogP contribution is -2.47. The predicted octanol–water partition coefficient (Wildman–Crippen LogP) is 3.65. The molecule has 0 saturated carbocycles. The number of hydrogen-bond donors (Lipinski definition) is 0. The summed E-state index contributed by atoms with van der Waals surface area (Å²) in [6.45, 7) is 8.29. The summed E-state index contributed by atoms with van der Waals surface area (Å²) >= 11 is 0. The Hall–Kier alpha value is -2.14. The van der Waals surface area contributed by atoms with Gasteiger partial charge < -0.3 is 9.47 Å². The number of nitrogens with zero attached hydrogens (tertiary/aromatic N) is 1. The highest BCUT2D eigenvalue weighted by Crippen LogP contribution is 2.31. The van der Waals surface area contributed by atoms with Crippen molar-refractivity contribution in [2.24, 2.45) is 0 Å². The highest BCUT2D eigenvalue weighted by Gasteiger charge is 2.35. The number of methoxy groups -OCH3 is 1. The van der Waals surface area contributed by atoms with Crippen LogP contribution in [-0.4, -0.2) is 42.1 Å². The van der Waals surface area contributed by atoms with E-state index in [1.165, 1.54) is 13.2 Å². The van der Waals surface area contributed by atoms with Crippen molar-refractivity contribution < 1.29 is 19.1 Å². The zero-order chi connectivity index (χ0) is 19.3. The molecule has 1 heterocycles. The number of benzene rings is 1. The first-order valence-corrected chi connectivity index (χ1v) is 9.02. The third kappa shape index (κ3) is 5.43. The Bertz CT molecular complexity index is 660. The molecular formula is C21H29NO4. The molecule has 142 valence electrons. The van der Waals surface area contributed by atoms with Crippen molar-refractivity contribution in [3.05, 3.63) is 47.5 Å². The Kier molecular flexibility index (Phi) is 6.59. The molecule has 5 nitrogen and oxygen atoms in total. The minimum Gasteiger partial charge on any atom is -0.468 e. The number of hydrogen-bond acceptors (Lipinski definition) is 5. The second-order valence-electron chi connectivity index (χ2n) is 7.65. The summed E-state index contributed by atoms with van der Waals surface area (Å²) in [5.41, 5.74) is 1.55. The summed E-state index contributed by atoms with van der Waals surface area (Å²) in [6, 6.07) is 9.77. The molecule has 0 spiro atoms. The summed E-state index contributed by atoms with van der Waals surface area (Å²) < 4.78 is 10.4. The van der Waals surface area contributed by atoms with Gasteiger partial charge in [0, 0.05) is 18.7 Å². The van der Waals surface area contributed by atoms with Gasteiger partial charge in [-0.1, -0.05) is 35.9 Å². The highest BCUT2D eigenvalue weighted by molar-refractivity contribution is 5.84. The molecule has 2 rings (SSSR count). The topological polar surface area (TPSA) is 55.8 Å². The van der Waals surface area contributed by atoms with Crippen molar-refractivity contribution in [2.75, 3.05) is 13.7 Å². The molecule has 0 unspecified atom stereocenters. The van der Waals surface area contributed by atoms with E-state index >= 15 is 0 Å². The van der Waals surface area contributed by atoms with Gasteiger partial charge in [0.2, 0.25) is 0 Å². The number of ether oxygens (including phenoxy) is 2. The molecule has 1 saturated heterocycles. The number of carbonyl (C=O) groups excluding carboxylic acids is 2. The fourth-order valence-electron chi connectivity index (χ4n) is 3.27. The standard InChI is InChI=1S/C21H29NO4/c1-15(17-9-7-6-8-10-17)22-12-11-16(13-18(22)20(24)25-5)14-19(23)26-21(2,3)4/h6-10,14-15,18H,11-13H2,1-5H3/b16-14-/t15-,18-/m0/s1. The normalized spacial score (nSPS) is 21.3. The minimum atomic E-state index is -0.529. The molecule has 2 atom stereocenters. The second kappa shape index (κ2) is 8.49. The molecule has 1 fully saturated rings. The maximum atomic E-state index is 12.4. The number of piperidine rings is 1. The third-order valence-corrected chi connectivity index (χ3v) is 4.53. The van der Waals surface area contributed by atoms with Crippen LogP contribution in [-0.2, 0) is 19.1 Å². The largest absolute Gasteiger partial charge is 0.468 e. The van der Waals surface area contributed by atoms with Gasteiger partial charge in [0.05, 0.1) is 7.11 Å². The monoisotopic (exact) mass is 359 g/mol. The van der Waals surface area contributed by atoms with Gasteiger partial charge in [0.15, 0.2) is 0 Å². The van der Waals surface area contributed by atoms with Gasteiger partial charge in [-0.3, -0.25) is 9.69 Å². The molecule has 1 aromatic carbocycles. The SMILES string of the molecule is COC(=O)[C@@H]1C/C(=C\C(=O)OC(C)(C)C)CCN1[C@@H](C)c1ccccc1. The molecule has 0 amide bonds. The molecule has 5 heteroatoms. The molecule has 0 N–H and O–H groups in total. The van der Waals surface area contributed by atoms with Crippen LogP contribution in [0.2, 0.25) is 0 Å². The van der Waals surface area contributed by atoms with Crippen molar-refractivity contribution >= 4 is 11.9 Å². The lowest BCUT2D eigenvalue weighted by atomic mass is 9.93. The van der Waals surface area contributed by atoms with Crippen molar-refractivity contribution in [3.63, 3.8) is 0 Å². The van der Waals surface area contributed by atoms with Gasteiger partial charge >= 0.3 is 11.9 Å². The zero-order valence-corrected chi connectivity index (χ0v) is 16.3. The quantitative estimate of drug-likeness (QED) is 0.607. The first-order chi connectivity index (χ1) is 12.2. The van der Waals surface area contributed by atoms with Crippen LogP contribution in [0.3, 0.4) is 0 Å². The van der Waals surface area contributed by atoms with Crippen molar-refractivity contribution in [2.45, 2.75) is 58.2 Å². The van der Waals surface area contributed by atoms with Crippen LogP contribution in [0.25, 0.3) is 0 Å². The smallest absolute Gasteiger partial charge is 0.331 e. The Morgan fingerprint density at radius 1 is 1.23 bits per heavy atom. The molecular weight excluding hydrogens is 330 g/mol. The average molecular weight is 359 g/mol. The van der Waals surface area contributed by atoms with Crippen LogP contribution in [0.5, 0.6) is 0 Å². The first kappa shape index (κ1) is 20.2. The van der Waals surface area contributed by atoms with E-state index in [2.05, 4.69) is 24.0 Å². The molecule has 0 aliphatic carbocycles. The van der Waals surface area contributed by atoms with E-state index in [0.717, 1.165) is 17.6 Å². The van der Waals surface area contributed by atoms with E-state index in [1.54, 1.807) is 0 Å². The Morgan fingerprint density at radius 3 is 2.46 bits per heavy atom. The molecule has 0 radical (unpaired) electrons. The number of carbonyl (C=O) groups is 2. The molecule has 26 heavy (non-hydrogen) atoms. The maximum Gasteiger partial charge on any atom is 0.331 e. The van der Waals surface area contributed by atoms with Gasteiger partial charge in [-0.2, -0.15) is 0 Å². The average Bonchev–Trinajstić information content (AvgIpc) is 2.59. The van der Waals surface area contributed by atoms with Crippen LogP contribution in [0, 0.1) is 0 Å². The van der Waals surface area contributed by atoms with Gasteiger partial charge in [0.1, 0.15) is 11.6 Å². The van der Waals surface area contributed by atoms with E-state index in [9.17, 15) is 9.59 Å². The summed E-state index contributed by atoms with van der Waals surface area (Å²) in [7, 11) is 1.40. The molecule has 0 bridgehead atoms. The maximum absolute atomic E-state index is 12.4. The van der Waals surface area contributed by atoms with Gasteiger partial charge in [-0.05, 0) is 46.1 Å². The van der Waals surface area contributed by atoms with Crippen LogP contribution >= 0.6 is 0 Å². The van der Waals surface area contributed by atoms with E-state index in [4.69, 9.17) is 9.47 Å². The van der Waals surface area contributed by atoms with Crippen molar-refractivity contribution in [3.8, 4) is 0 Å². The second-order valence-corrected chi connectivity index (χ2v) is 7.65. The van der Waals surface area contributed by atoms with Crippen molar-refractivity contribution in [1.82, 2.24) is 4.90 Å². The first-order valence-electron chi connectivity index (χ1n) is 9.02. The van der Waals surface area contributed by atoms with E-state index < -0.39 is 11.6 Å². The number of rotatable bonds is 4. The summed E-state index contributed by atoms with van der Waals surface area (Å²) in [5.74, 6) is -0.636. The third-order valence-electron chi connectivity index (χ3n) is 4.53. The Morgan fingerprint density at radius 2 is 1.88 bits per heavy atom. The Labute approximate surface area is 156 Å². The summed E-state index contributed by atoms with van der Waals surface area (Å²) in [6.07, 6.45) is 2.73. The van der Waals surface area contributed by atoms with Gasteiger partial charge in [-0.25, -0.2) is 4.79 Å². The summed E-state index contributed by atoms with van der Waals surface area (Å²) in [5, 5.41) is 0. The fraction of sp³-hybridized carbons (Fsp3) is 0.524. The number of esters is 2. The van der Waals surface area contributed by atoms with Gasteiger partial charge in [0.25, 0.3) is 0 Å². The summed E-state index contributed by atoms with van der Waals surface area (Å²) in [4.78, 5) is 26.6.